The van der Waals surface area contributed by atoms with Gasteiger partial charge in [0.2, 0.25) is 10.5 Å². The third-order valence-electron chi connectivity index (χ3n) is 3.19. The number of esters is 1. The van der Waals surface area contributed by atoms with Crippen LogP contribution in [0.3, 0.4) is 0 Å². The molecule has 0 unspecified atom stereocenters. The molecule has 0 bridgehead atoms. The van der Waals surface area contributed by atoms with Gasteiger partial charge >= 0.3 is 5.97 Å². The minimum absolute atomic E-state index is 0.305. The van der Waals surface area contributed by atoms with Gasteiger partial charge in [0.05, 0.1) is 13.0 Å². The maximum absolute atomic E-state index is 10.7. The molecule has 0 aliphatic rings. The lowest BCUT2D eigenvalue weighted by atomic mass is 10.1. The highest BCUT2D eigenvalue weighted by Gasteiger charge is 2.00. The molecule has 0 radical (unpaired) electrons. The maximum Gasteiger partial charge on any atom is 0.330 e. The van der Waals surface area contributed by atoms with Crippen molar-refractivity contribution in [3.63, 3.8) is 0 Å². The average Bonchev–Trinajstić information content (AvgIpc) is 2.51. The molecular formula is C18H30Cl2O4. The quantitative estimate of drug-likeness (QED) is 0.130. The normalized spacial score (nSPS) is 9.62. The van der Waals surface area contributed by atoms with Crippen molar-refractivity contribution in [3.05, 3.63) is 12.7 Å². The maximum atomic E-state index is 10.7. The van der Waals surface area contributed by atoms with Gasteiger partial charge < -0.3 is 4.74 Å². The van der Waals surface area contributed by atoms with Crippen LogP contribution in [-0.2, 0) is 19.1 Å². The number of halogens is 2. The molecule has 4 nitrogen and oxygen atoms in total. The van der Waals surface area contributed by atoms with E-state index in [1.165, 1.54) is 63.9 Å². The van der Waals surface area contributed by atoms with Crippen LogP contribution in [0.15, 0.2) is 12.7 Å². The molecule has 0 heterocycles. The van der Waals surface area contributed by atoms with Crippen LogP contribution >= 0.6 is 23.2 Å². The number of hydrogen-bond donors (Lipinski definition) is 0. The first-order valence-corrected chi connectivity index (χ1v) is 9.35. The van der Waals surface area contributed by atoms with Gasteiger partial charge in [0.15, 0.2) is 0 Å². The Morgan fingerprint density at radius 1 is 0.833 bits per heavy atom. The molecule has 24 heavy (non-hydrogen) atoms. The summed E-state index contributed by atoms with van der Waals surface area (Å²) in [5, 5.41) is -1.44. The van der Waals surface area contributed by atoms with Gasteiger partial charge in [0.25, 0.3) is 0 Å². The van der Waals surface area contributed by atoms with Crippen LogP contribution in [0.2, 0.25) is 0 Å². The number of ether oxygens (including phenoxy) is 1. The summed E-state index contributed by atoms with van der Waals surface area (Å²) in [6.45, 7) is 6.15. The molecule has 0 aliphatic carbocycles. The number of hydrogen-bond acceptors (Lipinski definition) is 4. The van der Waals surface area contributed by atoms with Crippen molar-refractivity contribution in [2.75, 3.05) is 6.61 Å². The highest BCUT2D eigenvalue weighted by atomic mass is 35.5. The second kappa shape index (κ2) is 20.2. The SMILES string of the molecule is C=CC(=O)OCCCCCCCCCCCC.O=C(Cl)CC(=O)Cl. The van der Waals surface area contributed by atoms with E-state index < -0.39 is 10.5 Å². The van der Waals surface area contributed by atoms with Crippen molar-refractivity contribution < 1.29 is 19.1 Å². The van der Waals surface area contributed by atoms with Crippen molar-refractivity contribution in [1.29, 1.82) is 0 Å². The summed E-state index contributed by atoms with van der Waals surface area (Å²) >= 11 is 9.46. The molecule has 0 aromatic heterocycles. The minimum Gasteiger partial charge on any atom is -0.463 e. The van der Waals surface area contributed by atoms with Crippen molar-refractivity contribution in [3.8, 4) is 0 Å². The zero-order valence-electron chi connectivity index (χ0n) is 14.7. The van der Waals surface area contributed by atoms with Crippen LogP contribution in [0, 0.1) is 0 Å². The first-order valence-electron chi connectivity index (χ1n) is 8.59. The molecule has 0 spiro atoms. The summed E-state index contributed by atoms with van der Waals surface area (Å²) in [5.74, 6) is -0.305. The Kier molecular flexibility index (Phi) is 21.3. The lowest BCUT2D eigenvalue weighted by Gasteiger charge is -2.03. The Labute approximate surface area is 155 Å². The van der Waals surface area contributed by atoms with Gasteiger partial charge in [-0.25, -0.2) is 4.79 Å². The Balaban J connectivity index is 0. The van der Waals surface area contributed by atoms with Gasteiger partial charge in [-0.15, -0.1) is 0 Å². The van der Waals surface area contributed by atoms with Gasteiger partial charge in [0, 0.05) is 6.08 Å². The van der Waals surface area contributed by atoms with Gasteiger partial charge in [-0.2, -0.15) is 0 Å². The average molecular weight is 381 g/mol. The van der Waals surface area contributed by atoms with E-state index in [1.807, 2.05) is 0 Å². The molecule has 0 atom stereocenters. The molecular weight excluding hydrogens is 351 g/mol. The Bertz CT molecular complexity index is 345. The topological polar surface area (TPSA) is 60.4 Å². The smallest absolute Gasteiger partial charge is 0.330 e. The number of rotatable bonds is 14. The Morgan fingerprint density at radius 2 is 1.25 bits per heavy atom. The number of carbonyl (C=O) groups is 3. The summed E-state index contributed by atoms with van der Waals surface area (Å²) in [7, 11) is 0. The molecule has 0 aromatic rings. The highest BCUT2D eigenvalue weighted by molar-refractivity contribution is 6.72. The predicted octanol–water partition coefficient (Wildman–Crippen LogP) is 5.54. The van der Waals surface area contributed by atoms with E-state index >= 15 is 0 Å². The van der Waals surface area contributed by atoms with Crippen LogP contribution in [0.4, 0.5) is 0 Å². The fraction of sp³-hybridized carbons (Fsp3) is 0.722. The third-order valence-corrected chi connectivity index (χ3v) is 3.45. The first-order chi connectivity index (χ1) is 11.4. The number of unbranched alkanes of at least 4 members (excludes halogenated alkanes) is 9. The summed E-state index contributed by atoms with van der Waals surface area (Å²) in [5.41, 5.74) is 0. The van der Waals surface area contributed by atoms with Crippen LogP contribution in [-0.4, -0.2) is 23.1 Å². The van der Waals surface area contributed by atoms with E-state index in [2.05, 4.69) is 13.5 Å². The van der Waals surface area contributed by atoms with Crippen LogP contribution in [0.5, 0.6) is 0 Å². The molecule has 0 saturated heterocycles. The standard InChI is InChI=1S/C15H28O2.C3H2Cl2O2/c1-3-5-6-7-8-9-10-11-12-13-14-17-15(16)4-2;4-2(6)1-3(5)7/h4H,2-3,5-14H2,1H3;1H2. The van der Waals surface area contributed by atoms with Crippen molar-refractivity contribution >= 4 is 39.7 Å². The van der Waals surface area contributed by atoms with Crippen molar-refractivity contribution in [2.24, 2.45) is 0 Å². The largest absolute Gasteiger partial charge is 0.463 e. The molecule has 0 saturated carbocycles. The first kappa shape index (κ1) is 25.4. The molecule has 0 aromatic carbocycles. The Morgan fingerprint density at radius 3 is 1.58 bits per heavy atom. The molecule has 6 heteroatoms. The zero-order valence-corrected chi connectivity index (χ0v) is 16.2. The van der Waals surface area contributed by atoms with Crippen LogP contribution < -0.4 is 0 Å². The molecule has 0 amide bonds. The molecule has 0 fully saturated rings. The lowest BCUT2D eigenvalue weighted by Crippen LogP contribution is -2.01. The van der Waals surface area contributed by atoms with E-state index in [0.29, 0.717) is 6.61 Å². The number of carbonyl (C=O) groups excluding carboxylic acids is 3. The summed E-state index contributed by atoms with van der Waals surface area (Å²) in [4.78, 5) is 30.2. The summed E-state index contributed by atoms with van der Waals surface area (Å²) < 4.78 is 4.91. The molecule has 0 N–H and O–H groups in total. The monoisotopic (exact) mass is 380 g/mol. The fourth-order valence-corrected chi connectivity index (χ4v) is 2.24. The Hall–Kier alpha value is -0.870. The molecule has 0 rings (SSSR count). The summed E-state index contributed by atoms with van der Waals surface area (Å²) in [6, 6.07) is 0. The van der Waals surface area contributed by atoms with Crippen molar-refractivity contribution in [1.82, 2.24) is 0 Å². The van der Waals surface area contributed by atoms with Crippen molar-refractivity contribution in [2.45, 2.75) is 77.6 Å². The minimum atomic E-state index is -0.722. The molecule has 140 valence electrons. The van der Waals surface area contributed by atoms with Crippen LogP contribution in [0.1, 0.15) is 77.6 Å². The van der Waals surface area contributed by atoms with Gasteiger partial charge in [-0.3, -0.25) is 9.59 Å². The van der Waals surface area contributed by atoms with E-state index in [9.17, 15) is 14.4 Å². The van der Waals surface area contributed by atoms with E-state index in [4.69, 9.17) is 27.9 Å². The zero-order chi connectivity index (χ0) is 18.6. The van der Waals surface area contributed by atoms with Gasteiger partial charge in [0.1, 0.15) is 0 Å². The lowest BCUT2D eigenvalue weighted by molar-refractivity contribution is -0.137. The fourth-order valence-electron chi connectivity index (χ4n) is 1.93. The second-order valence-corrected chi connectivity index (χ2v) is 6.28. The molecule has 0 aliphatic heterocycles. The van der Waals surface area contributed by atoms with Crippen LogP contribution in [0.25, 0.3) is 0 Å². The van der Waals surface area contributed by atoms with Gasteiger partial charge in [-0.1, -0.05) is 71.3 Å². The van der Waals surface area contributed by atoms with E-state index in [-0.39, 0.29) is 12.4 Å². The predicted molar refractivity (Wildman–Crippen MR) is 99.3 cm³/mol. The highest BCUT2D eigenvalue weighted by Crippen LogP contribution is 2.10. The second-order valence-electron chi connectivity index (χ2n) is 5.44. The van der Waals surface area contributed by atoms with E-state index in [1.54, 1.807) is 0 Å². The van der Waals surface area contributed by atoms with E-state index in [0.717, 1.165) is 6.42 Å². The third kappa shape index (κ3) is 26.0. The van der Waals surface area contributed by atoms with Gasteiger partial charge in [-0.05, 0) is 29.6 Å². The summed E-state index contributed by atoms with van der Waals surface area (Å²) in [6.07, 6.45) is 13.8.